The van der Waals surface area contributed by atoms with Crippen LogP contribution in [-0.2, 0) is 29.6 Å². The molecule has 0 aliphatic carbocycles. The molecule has 2 aliphatic heterocycles. The second kappa shape index (κ2) is 11.7. The number of benzene rings is 2. The number of piperidine rings is 1. The van der Waals surface area contributed by atoms with E-state index in [-0.39, 0.29) is 24.0 Å². The summed E-state index contributed by atoms with van der Waals surface area (Å²) >= 11 is 0. The van der Waals surface area contributed by atoms with E-state index in [0.717, 1.165) is 38.1 Å². The normalized spacial score (nSPS) is 16.5. The van der Waals surface area contributed by atoms with Gasteiger partial charge >= 0.3 is 0 Å². The first-order valence-corrected chi connectivity index (χ1v) is 14.7. The third-order valence-corrected chi connectivity index (χ3v) is 8.69. The van der Waals surface area contributed by atoms with Crippen LogP contribution in [0.25, 0.3) is 21.9 Å². The number of amides is 4. The van der Waals surface area contributed by atoms with Crippen LogP contribution in [0.1, 0.15) is 50.2 Å². The van der Waals surface area contributed by atoms with Crippen molar-refractivity contribution >= 4 is 34.4 Å². The molecular formula is C34H33N5O6. The molecule has 6 rings (SSSR count). The number of nitrogens with one attached hydrogen (secondary N) is 1. The molecule has 4 aromatic rings. The summed E-state index contributed by atoms with van der Waals surface area (Å²) in [5.74, 6) is -1.33. The first kappa shape index (κ1) is 29.9. The number of carbonyl (C=O) groups excluding carboxylic acids is 4. The average Bonchev–Trinajstić information content (AvgIpc) is 3.28. The zero-order valence-electron chi connectivity index (χ0n) is 25.5. The fourth-order valence-electron chi connectivity index (χ4n) is 6.32. The van der Waals surface area contributed by atoms with Gasteiger partial charge in [0.05, 0.1) is 23.6 Å². The number of rotatable bonds is 8. The Morgan fingerprint density at radius 3 is 2.60 bits per heavy atom. The maximum absolute atomic E-state index is 13.5. The average molecular weight is 608 g/mol. The number of fused-ring (bicyclic) bond motifs is 2. The second-order valence-electron chi connectivity index (χ2n) is 11.6. The van der Waals surface area contributed by atoms with E-state index in [1.807, 2.05) is 38.4 Å². The van der Waals surface area contributed by atoms with E-state index in [1.165, 1.54) is 0 Å². The van der Waals surface area contributed by atoms with Crippen molar-refractivity contribution in [1.82, 2.24) is 24.7 Å². The van der Waals surface area contributed by atoms with Gasteiger partial charge in [0.1, 0.15) is 11.8 Å². The summed E-state index contributed by atoms with van der Waals surface area (Å²) in [6, 6.07) is 10.1. The second-order valence-corrected chi connectivity index (χ2v) is 11.6. The Morgan fingerprint density at radius 2 is 1.84 bits per heavy atom. The molecule has 1 N–H and O–H groups in total. The van der Waals surface area contributed by atoms with E-state index >= 15 is 0 Å². The molecule has 1 fully saturated rings. The number of carbonyl (C=O) groups is 4. The first-order valence-electron chi connectivity index (χ1n) is 14.7. The molecule has 11 heteroatoms. The van der Waals surface area contributed by atoms with Crippen molar-refractivity contribution in [2.75, 3.05) is 20.7 Å². The maximum Gasteiger partial charge on any atom is 0.262 e. The van der Waals surface area contributed by atoms with Gasteiger partial charge in [0.25, 0.3) is 17.4 Å². The van der Waals surface area contributed by atoms with Crippen molar-refractivity contribution in [3.05, 3.63) is 93.2 Å². The molecular weight excluding hydrogens is 574 g/mol. The summed E-state index contributed by atoms with van der Waals surface area (Å²) < 4.78 is 7.40. The van der Waals surface area contributed by atoms with Gasteiger partial charge in [-0.1, -0.05) is 18.2 Å². The van der Waals surface area contributed by atoms with Crippen molar-refractivity contribution < 1.29 is 23.9 Å². The summed E-state index contributed by atoms with van der Waals surface area (Å²) in [5, 5.41) is 3.60. The molecule has 2 aromatic carbocycles. The lowest BCUT2D eigenvalue weighted by Crippen LogP contribution is -2.54. The minimum Gasteiger partial charge on any atom is -0.496 e. The highest BCUT2D eigenvalue weighted by atomic mass is 16.5. The molecule has 4 amide bonds. The quantitative estimate of drug-likeness (QED) is 0.303. The number of aromatic nitrogens is 2. The van der Waals surface area contributed by atoms with Crippen LogP contribution in [0, 0.1) is 6.92 Å². The van der Waals surface area contributed by atoms with Crippen molar-refractivity contribution in [2.45, 2.75) is 38.8 Å². The highest BCUT2D eigenvalue weighted by molar-refractivity contribution is 6.24. The molecule has 230 valence electrons. The number of hydrogen-bond donors (Lipinski definition) is 1. The molecule has 4 heterocycles. The van der Waals surface area contributed by atoms with Crippen LogP contribution in [0.3, 0.4) is 0 Å². The molecule has 2 aromatic heterocycles. The fourth-order valence-corrected chi connectivity index (χ4v) is 6.32. The van der Waals surface area contributed by atoms with Gasteiger partial charge in [0.2, 0.25) is 11.8 Å². The number of ether oxygens (including phenoxy) is 1. The predicted molar refractivity (Wildman–Crippen MR) is 167 cm³/mol. The van der Waals surface area contributed by atoms with Gasteiger partial charge in [-0.05, 0) is 67.1 Å². The molecule has 2 aliphatic rings. The van der Waals surface area contributed by atoms with Gasteiger partial charge in [-0.2, -0.15) is 0 Å². The SMILES string of the molecule is COc1cc(-c2cn(C)c(=O)c3cnccc23)cc(C)c1CN(C)CCc1cccc2c1C(=O)N(C1CCC(=O)NC1=O)C2=O. The lowest BCUT2D eigenvalue weighted by atomic mass is 9.96. The van der Waals surface area contributed by atoms with Crippen LogP contribution in [0.5, 0.6) is 5.75 Å². The third-order valence-electron chi connectivity index (χ3n) is 8.69. The fraction of sp³-hybridized carbons (Fsp3) is 0.294. The lowest BCUT2D eigenvalue weighted by Gasteiger charge is -2.27. The molecule has 0 spiro atoms. The number of aryl methyl sites for hydroxylation is 2. The summed E-state index contributed by atoms with van der Waals surface area (Å²) in [6.45, 7) is 3.18. The molecule has 45 heavy (non-hydrogen) atoms. The Balaban J connectivity index is 1.22. The largest absolute Gasteiger partial charge is 0.496 e. The molecule has 1 unspecified atom stereocenters. The Morgan fingerprint density at radius 1 is 1.04 bits per heavy atom. The summed E-state index contributed by atoms with van der Waals surface area (Å²) in [6.07, 6.45) is 5.79. The first-order chi connectivity index (χ1) is 21.6. The number of nitrogens with zero attached hydrogens (tertiary/aromatic N) is 4. The van der Waals surface area contributed by atoms with Gasteiger partial charge in [0, 0.05) is 56.3 Å². The standard InChI is InChI=1S/C34H33N5O6/c1-19-14-21(26-18-38(3)32(42)24-16-35-12-10-22(24)26)15-28(45-4)25(19)17-37(2)13-11-20-6-5-7-23-30(20)34(44)39(33(23)43)27-8-9-29(40)36-31(27)41/h5-7,10,12,14-16,18,27H,8-9,11,13,17H2,1-4H3,(H,36,40,41). The highest BCUT2D eigenvalue weighted by Gasteiger charge is 2.45. The van der Waals surface area contributed by atoms with Crippen molar-refractivity contribution in [1.29, 1.82) is 0 Å². The minimum absolute atomic E-state index is 0.0738. The number of likely N-dealkylation sites (N-methyl/N-ethyl adjacent to an activating group) is 1. The Hall–Kier alpha value is -5.16. The molecule has 11 nitrogen and oxygen atoms in total. The minimum atomic E-state index is -1.00. The number of hydrogen-bond acceptors (Lipinski definition) is 8. The molecule has 1 atom stereocenters. The molecule has 0 radical (unpaired) electrons. The predicted octanol–water partition coefficient (Wildman–Crippen LogP) is 2.99. The van der Waals surface area contributed by atoms with Gasteiger partial charge < -0.3 is 14.2 Å². The summed E-state index contributed by atoms with van der Waals surface area (Å²) in [7, 11) is 5.34. The van der Waals surface area contributed by atoms with Crippen molar-refractivity contribution in [3.8, 4) is 16.9 Å². The van der Waals surface area contributed by atoms with E-state index in [4.69, 9.17) is 4.74 Å². The van der Waals surface area contributed by atoms with E-state index in [2.05, 4.69) is 21.3 Å². The van der Waals surface area contributed by atoms with Gasteiger partial charge in [-0.15, -0.1) is 0 Å². The Labute approximate surface area is 259 Å². The number of imide groups is 2. The monoisotopic (exact) mass is 607 g/mol. The van der Waals surface area contributed by atoms with Crippen LogP contribution in [0.4, 0.5) is 0 Å². The zero-order chi connectivity index (χ0) is 32.0. The maximum atomic E-state index is 13.5. The van der Waals surface area contributed by atoms with Crippen molar-refractivity contribution in [3.63, 3.8) is 0 Å². The van der Waals surface area contributed by atoms with Crippen LogP contribution >= 0.6 is 0 Å². The molecule has 0 bridgehead atoms. The third kappa shape index (κ3) is 5.29. The van der Waals surface area contributed by atoms with Crippen LogP contribution < -0.4 is 15.6 Å². The lowest BCUT2D eigenvalue weighted by molar-refractivity contribution is -0.136. The molecule has 0 saturated carbocycles. The van der Waals surface area contributed by atoms with Gasteiger partial charge in [0.15, 0.2) is 0 Å². The Kier molecular flexibility index (Phi) is 7.80. The summed E-state index contributed by atoms with van der Waals surface area (Å²) in [4.78, 5) is 70.7. The molecule has 1 saturated heterocycles. The highest BCUT2D eigenvalue weighted by Crippen LogP contribution is 2.34. The van der Waals surface area contributed by atoms with E-state index in [1.54, 1.807) is 43.3 Å². The van der Waals surface area contributed by atoms with Crippen LogP contribution in [0.2, 0.25) is 0 Å². The number of methoxy groups -OCH3 is 1. The topological polar surface area (TPSA) is 131 Å². The van der Waals surface area contributed by atoms with E-state index in [0.29, 0.717) is 36.2 Å². The van der Waals surface area contributed by atoms with Crippen LogP contribution in [0.15, 0.2) is 59.8 Å². The summed E-state index contributed by atoms with van der Waals surface area (Å²) in [5.41, 5.74) is 5.07. The Bertz CT molecular complexity index is 1960. The zero-order valence-corrected chi connectivity index (χ0v) is 25.5. The van der Waals surface area contributed by atoms with Crippen LogP contribution in [-0.4, -0.2) is 69.7 Å². The van der Waals surface area contributed by atoms with Crippen molar-refractivity contribution in [2.24, 2.45) is 7.05 Å². The van der Waals surface area contributed by atoms with E-state index < -0.39 is 29.7 Å². The van der Waals surface area contributed by atoms with E-state index in [9.17, 15) is 24.0 Å². The smallest absolute Gasteiger partial charge is 0.262 e. The van der Waals surface area contributed by atoms with Gasteiger partial charge in [-0.3, -0.25) is 39.2 Å². The number of pyridine rings is 2. The van der Waals surface area contributed by atoms with Gasteiger partial charge in [-0.25, -0.2) is 0 Å².